The first-order valence-electron chi connectivity index (χ1n) is 6.55. The second-order valence-electron chi connectivity index (χ2n) is 5.14. The lowest BCUT2D eigenvalue weighted by Crippen LogP contribution is -2.35. The molecule has 18 heavy (non-hydrogen) atoms. The predicted octanol–water partition coefficient (Wildman–Crippen LogP) is 3.19. The van der Waals surface area contributed by atoms with Crippen molar-refractivity contribution in [3.8, 4) is 0 Å². The molecular formula is C13H21ClN4. The molecule has 1 N–H and O–H groups in total. The zero-order valence-electron chi connectivity index (χ0n) is 11.3. The summed E-state index contributed by atoms with van der Waals surface area (Å²) in [7, 11) is 3.89. The third-order valence-corrected chi connectivity index (χ3v) is 4.08. The van der Waals surface area contributed by atoms with Crippen molar-refractivity contribution in [1.82, 2.24) is 9.97 Å². The van der Waals surface area contributed by atoms with Gasteiger partial charge in [-0.2, -0.15) is 4.98 Å². The van der Waals surface area contributed by atoms with E-state index in [2.05, 4.69) is 34.2 Å². The number of hydrogen-bond acceptors (Lipinski definition) is 4. The van der Waals surface area contributed by atoms with Crippen LogP contribution in [-0.2, 0) is 0 Å². The average Bonchev–Trinajstić information content (AvgIpc) is 2.39. The van der Waals surface area contributed by atoms with E-state index in [9.17, 15) is 0 Å². The van der Waals surface area contributed by atoms with Crippen LogP contribution in [0.15, 0.2) is 6.20 Å². The summed E-state index contributed by atoms with van der Waals surface area (Å²) in [6.07, 6.45) is 6.67. The summed E-state index contributed by atoms with van der Waals surface area (Å²) < 4.78 is 0. The van der Waals surface area contributed by atoms with Gasteiger partial charge in [0.2, 0.25) is 5.95 Å². The highest BCUT2D eigenvalue weighted by Gasteiger charge is 2.24. The topological polar surface area (TPSA) is 41.1 Å². The van der Waals surface area contributed by atoms with Gasteiger partial charge in [0.05, 0.1) is 6.20 Å². The Labute approximate surface area is 114 Å². The summed E-state index contributed by atoms with van der Waals surface area (Å²) in [5.41, 5.74) is 0. The van der Waals surface area contributed by atoms with E-state index < -0.39 is 0 Å². The molecular weight excluding hydrogens is 248 g/mol. The molecule has 0 saturated heterocycles. The van der Waals surface area contributed by atoms with Crippen molar-refractivity contribution in [2.45, 2.75) is 38.6 Å². The molecule has 0 bridgehead atoms. The Morgan fingerprint density at radius 3 is 2.61 bits per heavy atom. The van der Waals surface area contributed by atoms with Crippen LogP contribution in [0.3, 0.4) is 0 Å². The fourth-order valence-electron chi connectivity index (χ4n) is 2.53. The highest BCUT2D eigenvalue weighted by molar-refractivity contribution is 6.32. The summed E-state index contributed by atoms with van der Waals surface area (Å²) in [5, 5.41) is 3.57. The first-order valence-corrected chi connectivity index (χ1v) is 6.92. The van der Waals surface area contributed by atoms with E-state index in [0.717, 1.165) is 11.7 Å². The summed E-state index contributed by atoms with van der Waals surface area (Å²) >= 11 is 6.20. The zero-order valence-corrected chi connectivity index (χ0v) is 12.0. The first kappa shape index (κ1) is 13.4. The summed E-state index contributed by atoms with van der Waals surface area (Å²) in [5.74, 6) is 2.30. The number of hydrogen-bond donors (Lipinski definition) is 1. The number of nitrogens with zero attached hydrogens (tertiary/aromatic N) is 3. The fourth-order valence-corrected chi connectivity index (χ4v) is 2.75. The highest BCUT2D eigenvalue weighted by atomic mass is 35.5. The second kappa shape index (κ2) is 5.74. The molecule has 4 nitrogen and oxygen atoms in total. The lowest BCUT2D eigenvalue weighted by atomic mass is 9.87. The molecule has 0 unspecified atom stereocenters. The standard InChI is InChI=1S/C13H21ClN4/c1-9-4-6-10(7-5-9)18(3)12-11(14)8-16-13(15-2)17-12/h8-10H,4-7H2,1-3H3,(H,15,16,17). The smallest absolute Gasteiger partial charge is 0.224 e. The Morgan fingerprint density at radius 1 is 1.33 bits per heavy atom. The Morgan fingerprint density at radius 2 is 2.00 bits per heavy atom. The number of rotatable bonds is 3. The molecule has 0 atom stereocenters. The van der Waals surface area contributed by atoms with Gasteiger partial charge in [-0.15, -0.1) is 0 Å². The van der Waals surface area contributed by atoms with Crippen molar-refractivity contribution >= 4 is 23.4 Å². The molecule has 0 spiro atoms. The van der Waals surface area contributed by atoms with Crippen molar-refractivity contribution in [2.75, 3.05) is 24.3 Å². The van der Waals surface area contributed by atoms with E-state index in [4.69, 9.17) is 11.6 Å². The van der Waals surface area contributed by atoms with Crippen LogP contribution in [-0.4, -0.2) is 30.1 Å². The molecule has 0 aliphatic heterocycles. The number of halogens is 1. The minimum Gasteiger partial charge on any atom is -0.357 e. The van der Waals surface area contributed by atoms with Gasteiger partial charge < -0.3 is 10.2 Å². The van der Waals surface area contributed by atoms with Crippen LogP contribution in [0.5, 0.6) is 0 Å². The maximum absolute atomic E-state index is 6.20. The van der Waals surface area contributed by atoms with Crippen molar-refractivity contribution in [1.29, 1.82) is 0 Å². The normalized spacial score (nSPS) is 23.8. The Kier molecular flexibility index (Phi) is 4.27. The van der Waals surface area contributed by atoms with Crippen molar-refractivity contribution in [3.63, 3.8) is 0 Å². The summed E-state index contributed by atoms with van der Waals surface area (Å²) in [4.78, 5) is 10.8. The number of aromatic nitrogens is 2. The Hall–Kier alpha value is -1.03. The molecule has 0 amide bonds. The van der Waals surface area contributed by atoms with Gasteiger partial charge in [0, 0.05) is 20.1 Å². The van der Waals surface area contributed by atoms with Crippen LogP contribution in [0.25, 0.3) is 0 Å². The van der Waals surface area contributed by atoms with Crippen LogP contribution in [0.1, 0.15) is 32.6 Å². The lowest BCUT2D eigenvalue weighted by Gasteiger charge is -2.34. The summed E-state index contributed by atoms with van der Waals surface area (Å²) in [6, 6.07) is 0.540. The van der Waals surface area contributed by atoms with Gasteiger partial charge >= 0.3 is 0 Å². The van der Waals surface area contributed by atoms with Crippen molar-refractivity contribution in [2.24, 2.45) is 5.92 Å². The third-order valence-electron chi connectivity index (χ3n) is 3.82. The maximum atomic E-state index is 6.20. The highest BCUT2D eigenvalue weighted by Crippen LogP contribution is 2.31. The molecule has 1 aliphatic carbocycles. The SMILES string of the molecule is CNc1ncc(Cl)c(N(C)C2CCC(C)CC2)n1. The number of anilines is 2. The molecule has 0 aromatic carbocycles. The molecule has 2 rings (SSSR count). The van der Waals surface area contributed by atoms with Gasteiger partial charge in [0.1, 0.15) is 5.02 Å². The molecule has 1 aromatic heterocycles. The van der Waals surface area contributed by atoms with Gasteiger partial charge in [-0.3, -0.25) is 0 Å². The maximum Gasteiger partial charge on any atom is 0.224 e. The molecule has 0 radical (unpaired) electrons. The van der Waals surface area contributed by atoms with E-state index in [1.807, 2.05) is 7.05 Å². The predicted molar refractivity (Wildman–Crippen MR) is 76.4 cm³/mol. The van der Waals surface area contributed by atoms with Crippen LogP contribution < -0.4 is 10.2 Å². The monoisotopic (exact) mass is 268 g/mol. The fraction of sp³-hybridized carbons (Fsp3) is 0.692. The van der Waals surface area contributed by atoms with Crippen LogP contribution >= 0.6 is 11.6 Å². The van der Waals surface area contributed by atoms with Crippen molar-refractivity contribution < 1.29 is 0 Å². The molecule has 1 saturated carbocycles. The van der Waals surface area contributed by atoms with Gasteiger partial charge in [0.25, 0.3) is 0 Å². The molecule has 100 valence electrons. The zero-order chi connectivity index (χ0) is 13.1. The molecule has 5 heteroatoms. The van der Waals surface area contributed by atoms with E-state index in [1.54, 1.807) is 6.20 Å². The van der Waals surface area contributed by atoms with E-state index in [-0.39, 0.29) is 0 Å². The van der Waals surface area contributed by atoms with E-state index in [0.29, 0.717) is 17.0 Å². The van der Waals surface area contributed by atoms with Crippen LogP contribution in [0.2, 0.25) is 5.02 Å². The molecule has 1 heterocycles. The molecule has 1 aromatic rings. The average molecular weight is 269 g/mol. The Bertz CT molecular complexity index is 402. The first-order chi connectivity index (χ1) is 8.61. The summed E-state index contributed by atoms with van der Waals surface area (Å²) in [6.45, 7) is 2.33. The minimum absolute atomic E-state index is 0.540. The largest absolute Gasteiger partial charge is 0.357 e. The third kappa shape index (κ3) is 2.86. The number of nitrogens with one attached hydrogen (secondary N) is 1. The van der Waals surface area contributed by atoms with Gasteiger partial charge in [0.15, 0.2) is 5.82 Å². The molecule has 1 aliphatic rings. The van der Waals surface area contributed by atoms with E-state index in [1.165, 1.54) is 25.7 Å². The van der Waals surface area contributed by atoms with E-state index >= 15 is 0 Å². The minimum atomic E-state index is 0.540. The van der Waals surface area contributed by atoms with Gasteiger partial charge in [-0.1, -0.05) is 18.5 Å². The Balaban J connectivity index is 2.14. The van der Waals surface area contributed by atoms with Crippen LogP contribution in [0, 0.1) is 5.92 Å². The quantitative estimate of drug-likeness (QED) is 0.914. The lowest BCUT2D eigenvalue weighted by molar-refractivity contribution is 0.340. The molecule has 1 fully saturated rings. The van der Waals surface area contributed by atoms with Crippen LogP contribution in [0.4, 0.5) is 11.8 Å². The van der Waals surface area contributed by atoms with Gasteiger partial charge in [-0.05, 0) is 31.6 Å². The van der Waals surface area contributed by atoms with Gasteiger partial charge in [-0.25, -0.2) is 4.98 Å². The second-order valence-corrected chi connectivity index (χ2v) is 5.55. The van der Waals surface area contributed by atoms with Crippen molar-refractivity contribution in [3.05, 3.63) is 11.2 Å².